The number of hydrogen-bond acceptors (Lipinski definition) is 4. The normalized spacial score (nSPS) is 10.2. The standard InChI is InChI=1S/C8H10N2O3S.H2S/c1-6(11)10-14(12,13)8-4-2-7(9)3-5-8;/h2-5H,9H2,1H3,(H,10,11);1H2. The Morgan fingerprint density at radius 2 is 1.73 bits per heavy atom. The lowest BCUT2D eigenvalue weighted by Crippen LogP contribution is -2.28. The maximum absolute atomic E-state index is 11.4. The van der Waals surface area contributed by atoms with Gasteiger partial charge in [0.15, 0.2) is 0 Å². The van der Waals surface area contributed by atoms with Crippen molar-refractivity contribution >= 4 is 35.1 Å². The van der Waals surface area contributed by atoms with Gasteiger partial charge in [-0.2, -0.15) is 13.5 Å². The van der Waals surface area contributed by atoms with E-state index in [0.29, 0.717) is 5.69 Å². The molecule has 0 atom stereocenters. The van der Waals surface area contributed by atoms with Gasteiger partial charge in [0.2, 0.25) is 5.91 Å². The van der Waals surface area contributed by atoms with Gasteiger partial charge in [-0.05, 0) is 24.3 Å². The lowest BCUT2D eigenvalue weighted by atomic mass is 10.3. The molecule has 1 aromatic carbocycles. The summed E-state index contributed by atoms with van der Waals surface area (Å²) < 4.78 is 24.6. The first-order valence-corrected chi connectivity index (χ1v) is 5.29. The van der Waals surface area contributed by atoms with Gasteiger partial charge in [0.25, 0.3) is 10.0 Å². The number of nitrogens with two attached hydrogens (primary N) is 1. The number of carbonyl (C=O) groups is 1. The molecule has 1 amide bonds. The molecule has 0 radical (unpaired) electrons. The van der Waals surface area contributed by atoms with Crippen LogP contribution in [0.2, 0.25) is 0 Å². The van der Waals surface area contributed by atoms with Crippen LogP contribution in [0, 0.1) is 0 Å². The number of anilines is 1. The van der Waals surface area contributed by atoms with E-state index in [4.69, 9.17) is 5.73 Å². The Morgan fingerprint density at radius 1 is 1.27 bits per heavy atom. The van der Waals surface area contributed by atoms with Gasteiger partial charge >= 0.3 is 0 Å². The van der Waals surface area contributed by atoms with Crippen LogP contribution < -0.4 is 10.5 Å². The van der Waals surface area contributed by atoms with E-state index in [0.717, 1.165) is 6.92 Å². The van der Waals surface area contributed by atoms with Gasteiger partial charge in [-0.25, -0.2) is 13.1 Å². The maximum atomic E-state index is 11.4. The van der Waals surface area contributed by atoms with E-state index in [-0.39, 0.29) is 18.4 Å². The molecule has 0 aromatic heterocycles. The molecule has 0 spiro atoms. The molecule has 15 heavy (non-hydrogen) atoms. The molecule has 3 N–H and O–H groups in total. The lowest BCUT2D eigenvalue weighted by molar-refractivity contribution is -0.117. The predicted octanol–water partition coefficient (Wildman–Crippen LogP) is 0.206. The molecule has 0 heterocycles. The van der Waals surface area contributed by atoms with Crippen molar-refractivity contribution in [2.24, 2.45) is 0 Å². The fraction of sp³-hybridized carbons (Fsp3) is 0.125. The third-order valence-electron chi connectivity index (χ3n) is 1.47. The van der Waals surface area contributed by atoms with E-state index in [1.807, 2.05) is 4.72 Å². The number of rotatable bonds is 2. The van der Waals surface area contributed by atoms with Crippen molar-refractivity contribution in [2.75, 3.05) is 5.73 Å². The highest BCUT2D eigenvalue weighted by molar-refractivity contribution is 7.90. The molecule has 0 aliphatic carbocycles. The summed E-state index contributed by atoms with van der Waals surface area (Å²) in [5.74, 6) is -0.623. The third-order valence-corrected chi connectivity index (χ3v) is 2.92. The Morgan fingerprint density at radius 3 is 2.13 bits per heavy atom. The highest BCUT2D eigenvalue weighted by Gasteiger charge is 2.14. The van der Waals surface area contributed by atoms with Crippen molar-refractivity contribution in [1.82, 2.24) is 4.72 Å². The third kappa shape index (κ3) is 3.80. The smallest absolute Gasteiger partial charge is 0.264 e. The van der Waals surface area contributed by atoms with E-state index in [1.165, 1.54) is 24.3 Å². The van der Waals surface area contributed by atoms with E-state index >= 15 is 0 Å². The minimum Gasteiger partial charge on any atom is -0.399 e. The molecule has 1 rings (SSSR count). The van der Waals surface area contributed by atoms with Crippen LogP contribution in [0.3, 0.4) is 0 Å². The highest BCUT2D eigenvalue weighted by Crippen LogP contribution is 2.10. The van der Waals surface area contributed by atoms with Crippen molar-refractivity contribution in [2.45, 2.75) is 11.8 Å². The molecule has 0 aliphatic rings. The number of amides is 1. The SMILES string of the molecule is CC(=O)NS(=O)(=O)c1ccc(N)cc1.S. The first-order chi connectivity index (χ1) is 6.42. The summed E-state index contributed by atoms with van der Waals surface area (Å²) in [7, 11) is -3.73. The molecule has 0 aliphatic heterocycles. The molecule has 7 heteroatoms. The Hall–Kier alpha value is -1.21. The predicted molar refractivity (Wildman–Crippen MR) is 62.2 cm³/mol. The van der Waals surface area contributed by atoms with E-state index in [1.54, 1.807) is 0 Å². The van der Waals surface area contributed by atoms with Crippen LogP contribution in [0.5, 0.6) is 0 Å². The van der Waals surface area contributed by atoms with Crippen LogP contribution in [0.15, 0.2) is 29.2 Å². The molecule has 0 saturated carbocycles. The Bertz CT molecular complexity index is 439. The largest absolute Gasteiger partial charge is 0.399 e. The summed E-state index contributed by atoms with van der Waals surface area (Å²) in [5, 5.41) is 0. The van der Waals surface area contributed by atoms with Crippen molar-refractivity contribution in [3.63, 3.8) is 0 Å². The molecule has 0 bridgehead atoms. The summed E-state index contributed by atoms with van der Waals surface area (Å²) in [4.78, 5) is 10.6. The average molecular weight is 248 g/mol. The van der Waals surface area contributed by atoms with Crippen LogP contribution >= 0.6 is 13.5 Å². The maximum Gasteiger partial charge on any atom is 0.264 e. The Labute approximate surface area is 95.2 Å². The topological polar surface area (TPSA) is 89.3 Å². The molecular weight excluding hydrogens is 236 g/mol. The number of hydrogen-bond donors (Lipinski definition) is 2. The first kappa shape index (κ1) is 13.8. The minimum absolute atomic E-state index is 0. The number of carbonyl (C=O) groups excluding carboxylic acids is 1. The van der Waals surface area contributed by atoms with E-state index in [2.05, 4.69) is 0 Å². The highest BCUT2D eigenvalue weighted by atomic mass is 32.2. The second-order valence-electron chi connectivity index (χ2n) is 2.73. The van der Waals surface area contributed by atoms with Gasteiger partial charge in [0, 0.05) is 12.6 Å². The summed E-state index contributed by atoms with van der Waals surface area (Å²) >= 11 is 0. The van der Waals surface area contributed by atoms with Crippen molar-refractivity contribution < 1.29 is 13.2 Å². The molecule has 0 fully saturated rings. The average Bonchev–Trinajstić information content (AvgIpc) is 2.02. The Balaban J connectivity index is 0.00000196. The number of sulfonamides is 1. The molecule has 1 aromatic rings. The second-order valence-corrected chi connectivity index (χ2v) is 4.41. The van der Waals surface area contributed by atoms with Gasteiger partial charge < -0.3 is 5.73 Å². The van der Waals surface area contributed by atoms with E-state index in [9.17, 15) is 13.2 Å². The first-order valence-electron chi connectivity index (χ1n) is 3.81. The lowest BCUT2D eigenvalue weighted by Gasteiger charge is -2.04. The monoisotopic (exact) mass is 248 g/mol. The fourth-order valence-electron chi connectivity index (χ4n) is 0.895. The molecule has 0 saturated heterocycles. The summed E-state index contributed by atoms with van der Waals surface area (Å²) in [6.45, 7) is 1.13. The quantitative estimate of drug-likeness (QED) is 0.732. The van der Waals surface area contributed by atoms with Crippen LogP contribution in [-0.4, -0.2) is 14.3 Å². The van der Waals surface area contributed by atoms with Gasteiger partial charge in [-0.3, -0.25) is 4.79 Å². The number of nitrogens with one attached hydrogen (secondary N) is 1. The summed E-state index contributed by atoms with van der Waals surface area (Å²) in [6.07, 6.45) is 0. The van der Waals surface area contributed by atoms with Crippen molar-refractivity contribution in [1.29, 1.82) is 0 Å². The van der Waals surface area contributed by atoms with Gasteiger partial charge in [-0.1, -0.05) is 0 Å². The summed E-state index contributed by atoms with van der Waals surface area (Å²) in [6, 6.07) is 5.57. The molecule has 0 unspecified atom stereocenters. The van der Waals surface area contributed by atoms with Gasteiger partial charge in [0.05, 0.1) is 4.90 Å². The van der Waals surface area contributed by atoms with Crippen molar-refractivity contribution in [3.8, 4) is 0 Å². The fourth-order valence-corrected chi connectivity index (χ4v) is 1.89. The zero-order valence-corrected chi connectivity index (χ0v) is 9.84. The van der Waals surface area contributed by atoms with Crippen LogP contribution in [0.1, 0.15) is 6.92 Å². The number of nitrogen functional groups attached to an aromatic ring is 1. The molecular formula is C8H12N2O3S2. The molecule has 5 nitrogen and oxygen atoms in total. The zero-order chi connectivity index (χ0) is 10.8. The summed E-state index contributed by atoms with van der Waals surface area (Å²) in [5.41, 5.74) is 5.85. The van der Waals surface area contributed by atoms with Gasteiger partial charge in [-0.15, -0.1) is 0 Å². The second kappa shape index (κ2) is 5.04. The van der Waals surface area contributed by atoms with Crippen LogP contribution in [0.25, 0.3) is 0 Å². The van der Waals surface area contributed by atoms with Crippen molar-refractivity contribution in [3.05, 3.63) is 24.3 Å². The van der Waals surface area contributed by atoms with Gasteiger partial charge in [0.1, 0.15) is 0 Å². The molecule has 84 valence electrons. The Kier molecular flexibility index (Phi) is 4.63. The van der Waals surface area contributed by atoms with E-state index < -0.39 is 15.9 Å². The minimum atomic E-state index is -3.73. The zero-order valence-electron chi connectivity index (χ0n) is 8.02. The van der Waals surface area contributed by atoms with Crippen LogP contribution in [0.4, 0.5) is 5.69 Å². The van der Waals surface area contributed by atoms with Crippen LogP contribution in [-0.2, 0) is 14.8 Å². The number of benzene rings is 1.